The molecule has 3 nitrogen and oxygen atoms in total. The summed E-state index contributed by atoms with van der Waals surface area (Å²) in [5.41, 5.74) is 5.71. The molecule has 3 N–H and O–H groups in total. The standard InChI is InChI=1S/C14H19F2N3/c1-14(2,3)19-13(17)18-11-7-8(11)12-9(15)5-4-6-10(12)16/h4-6,8,11H,7H2,1-3H3,(H3,17,18,19)/t8-,11-/m1/s1. The first-order valence-electron chi connectivity index (χ1n) is 6.33. The summed E-state index contributed by atoms with van der Waals surface area (Å²) in [6, 6.07) is 3.77. The van der Waals surface area contributed by atoms with Crippen LogP contribution in [0.1, 0.15) is 38.7 Å². The van der Waals surface area contributed by atoms with Gasteiger partial charge in [-0.05, 0) is 39.3 Å². The lowest BCUT2D eigenvalue weighted by molar-refractivity contribution is 0.507. The Hall–Kier alpha value is -1.65. The van der Waals surface area contributed by atoms with Gasteiger partial charge in [0, 0.05) is 17.0 Å². The monoisotopic (exact) mass is 267 g/mol. The van der Waals surface area contributed by atoms with Crippen LogP contribution in [0.3, 0.4) is 0 Å². The number of nitrogens with two attached hydrogens (primary N) is 1. The number of rotatable bonds is 2. The molecular formula is C14H19F2N3. The molecule has 2 rings (SSSR count). The Balaban J connectivity index is 2.07. The van der Waals surface area contributed by atoms with E-state index >= 15 is 0 Å². The Morgan fingerprint density at radius 3 is 2.42 bits per heavy atom. The van der Waals surface area contributed by atoms with Gasteiger partial charge in [-0.15, -0.1) is 0 Å². The second kappa shape index (κ2) is 4.79. The largest absolute Gasteiger partial charge is 0.370 e. The average molecular weight is 267 g/mol. The topological polar surface area (TPSA) is 50.4 Å². The molecule has 1 aromatic rings. The maximum atomic E-state index is 13.6. The van der Waals surface area contributed by atoms with Crippen LogP contribution in [0.25, 0.3) is 0 Å². The molecule has 0 unspecified atom stereocenters. The van der Waals surface area contributed by atoms with E-state index in [2.05, 4.69) is 10.3 Å². The van der Waals surface area contributed by atoms with Gasteiger partial charge in [-0.2, -0.15) is 0 Å². The summed E-state index contributed by atoms with van der Waals surface area (Å²) in [7, 11) is 0. The minimum atomic E-state index is -0.509. The van der Waals surface area contributed by atoms with Crippen molar-refractivity contribution in [3.05, 3.63) is 35.4 Å². The number of halogens is 2. The van der Waals surface area contributed by atoms with E-state index < -0.39 is 11.6 Å². The number of nitrogens with one attached hydrogen (secondary N) is 1. The number of hydrogen-bond acceptors (Lipinski definition) is 1. The van der Waals surface area contributed by atoms with E-state index in [0.29, 0.717) is 12.4 Å². The van der Waals surface area contributed by atoms with Gasteiger partial charge in [0.2, 0.25) is 0 Å². The van der Waals surface area contributed by atoms with Gasteiger partial charge in [-0.25, -0.2) is 13.8 Å². The van der Waals surface area contributed by atoms with Crippen LogP contribution < -0.4 is 11.1 Å². The summed E-state index contributed by atoms with van der Waals surface area (Å²) in [6.45, 7) is 5.91. The molecule has 1 fully saturated rings. The van der Waals surface area contributed by atoms with Crippen molar-refractivity contribution in [3.63, 3.8) is 0 Å². The van der Waals surface area contributed by atoms with Crippen LogP contribution in [0.5, 0.6) is 0 Å². The fourth-order valence-corrected chi connectivity index (χ4v) is 2.09. The molecule has 0 heterocycles. The lowest BCUT2D eigenvalue weighted by Crippen LogP contribution is -2.45. The summed E-state index contributed by atoms with van der Waals surface area (Å²) in [4.78, 5) is 4.26. The van der Waals surface area contributed by atoms with Crippen molar-refractivity contribution in [2.75, 3.05) is 0 Å². The third-order valence-corrected chi connectivity index (χ3v) is 2.94. The van der Waals surface area contributed by atoms with Crippen molar-refractivity contribution < 1.29 is 8.78 Å². The maximum Gasteiger partial charge on any atom is 0.189 e. The molecule has 0 saturated heterocycles. The number of benzene rings is 1. The van der Waals surface area contributed by atoms with Crippen LogP contribution >= 0.6 is 0 Å². The lowest BCUT2D eigenvalue weighted by atomic mass is 10.1. The quantitative estimate of drug-likeness (QED) is 0.639. The highest BCUT2D eigenvalue weighted by Crippen LogP contribution is 2.45. The SMILES string of the molecule is CC(C)(C)NC(N)=N[C@@H]1C[C@H]1c1c(F)cccc1F. The van der Waals surface area contributed by atoms with E-state index in [9.17, 15) is 8.78 Å². The Morgan fingerprint density at radius 2 is 1.89 bits per heavy atom. The molecule has 1 aromatic carbocycles. The fourth-order valence-electron chi connectivity index (χ4n) is 2.09. The molecule has 5 heteroatoms. The van der Waals surface area contributed by atoms with Crippen LogP contribution in [-0.2, 0) is 0 Å². The lowest BCUT2D eigenvalue weighted by Gasteiger charge is -2.21. The number of aliphatic imine (C=N–C) groups is 1. The van der Waals surface area contributed by atoms with Crippen molar-refractivity contribution in [2.24, 2.45) is 10.7 Å². The average Bonchev–Trinajstić information content (AvgIpc) is 2.93. The van der Waals surface area contributed by atoms with Crippen LogP contribution in [0.4, 0.5) is 8.78 Å². The smallest absolute Gasteiger partial charge is 0.189 e. The Bertz CT molecular complexity index is 486. The predicted molar refractivity (Wildman–Crippen MR) is 72.0 cm³/mol. The first-order chi connectivity index (χ1) is 8.78. The molecule has 1 aliphatic carbocycles. The minimum absolute atomic E-state index is 0.125. The van der Waals surface area contributed by atoms with Crippen molar-refractivity contribution in [3.8, 4) is 0 Å². The van der Waals surface area contributed by atoms with E-state index in [-0.39, 0.29) is 23.1 Å². The second-order valence-electron chi connectivity index (χ2n) is 5.93. The van der Waals surface area contributed by atoms with E-state index in [1.165, 1.54) is 18.2 Å². The zero-order chi connectivity index (χ0) is 14.2. The summed E-state index contributed by atoms with van der Waals surface area (Å²) in [6.07, 6.45) is 0.629. The fraction of sp³-hybridized carbons (Fsp3) is 0.500. The highest BCUT2D eigenvalue weighted by Gasteiger charge is 2.42. The van der Waals surface area contributed by atoms with Gasteiger partial charge >= 0.3 is 0 Å². The Morgan fingerprint density at radius 1 is 1.32 bits per heavy atom. The zero-order valence-corrected chi connectivity index (χ0v) is 11.4. The van der Waals surface area contributed by atoms with Crippen LogP contribution in [-0.4, -0.2) is 17.5 Å². The van der Waals surface area contributed by atoms with Crippen molar-refractivity contribution in [2.45, 2.75) is 44.7 Å². The van der Waals surface area contributed by atoms with Gasteiger partial charge in [-0.1, -0.05) is 6.07 Å². The van der Waals surface area contributed by atoms with E-state index in [4.69, 9.17) is 5.73 Å². The molecule has 0 bridgehead atoms. The molecule has 104 valence electrons. The molecule has 0 aromatic heterocycles. The van der Waals surface area contributed by atoms with Gasteiger partial charge < -0.3 is 11.1 Å². The molecular weight excluding hydrogens is 248 g/mol. The van der Waals surface area contributed by atoms with Gasteiger partial charge in [0.1, 0.15) is 11.6 Å². The molecule has 2 atom stereocenters. The normalized spacial score (nSPS) is 23.3. The van der Waals surface area contributed by atoms with E-state index in [0.717, 1.165) is 0 Å². The third-order valence-electron chi connectivity index (χ3n) is 2.94. The zero-order valence-electron chi connectivity index (χ0n) is 11.4. The van der Waals surface area contributed by atoms with E-state index in [1.807, 2.05) is 20.8 Å². The van der Waals surface area contributed by atoms with Crippen LogP contribution in [0.2, 0.25) is 0 Å². The number of guanidine groups is 1. The summed E-state index contributed by atoms with van der Waals surface area (Å²) >= 11 is 0. The predicted octanol–water partition coefficient (Wildman–Crippen LogP) is 2.52. The maximum absolute atomic E-state index is 13.6. The van der Waals surface area contributed by atoms with Crippen molar-refractivity contribution >= 4 is 5.96 Å². The van der Waals surface area contributed by atoms with Crippen LogP contribution in [0, 0.1) is 11.6 Å². The van der Waals surface area contributed by atoms with E-state index in [1.54, 1.807) is 0 Å². The second-order valence-corrected chi connectivity index (χ2v) is 5.93. The van der Waals surface area contributed by atoms with Crippen molar-refractivity contribution in [1.29, 1.82) is 0 Å². The van der Waals surface area contributed by atoms with Gasteiger partial charge in [0.15, 0.2) is 5.96 Å². The van der Waals surface area contributed by atoms with Crippen LogP contribution in [0.15, 0.2) is 23.2 Å². The number of nitrogens with zero attached hydrogens (tertiary/aromatic N) is 1. The summed E-state index contributed by atoms with van der Waals surface area (Å²) in [5, 5.41) is 3.03. The van der Waals surface area contributed by atoms with Gasteiger partial charge in [0.05, 0.1) is 6.04 Å². The first-order valence-corrected chi connectivity index (χ1v) is 6.33. The van der Waals surface area contributed by atoms with Gasteiger partial charge in [0.25, 0.3) is 0 Å². The first kappa shape index (κ1) is 13.8. The third kappa shape index (κ3) is 3.43. The molecule has 0 radical (unpaired) electrons. The van der Waals surface area contributed by atoms with Crippen molar-refractivity contribution in [1.82, 2.24) is 5.32 Å². The molecule has 0 amide bonds. The Labute approximate surface area is 111 Å². The molecule has 1 aliphatic rings. The summed E-state index contributed by atoms with van der Waals surface area (Å²) < 4.78 is 27.2. The van der Waals surface area contributed by atoms with Gasteiger partial charge in [-0.3, -0.25) is 0 Å². The molecule has 0 aliphatic heterocycles. The highest BCUT2D eigenvalue weighted by atomic mass is 19.1. The minimum Gasteiger partial charge on any atom is -0.370 e. The highest BCUT2D eigenvalue weighted by molar-refractivity contribution is 5.79. The summed E-state index contributed by atoms with van der Waals surface area (Å²) in [5.74, 6) is -0.909. The Kier molecular flexibility index (Phi) is 3.47. The molecule has 19 heavy (non-hydrogen) atoms. The molecule has 1 saturated carbocycles. The number of hydrogen-bond donors (Lipinski definition) is 2. The molecule has 0 spiro atoms.